The third kappa shape index (κ3) is 3.66. The Morgan fingerprint density at radius 2 is 1.79 bits per heavy atom. The van der Waals surface area contributed by atoms with Crippen LogP contribution in [0.5, 0.6) is 0 Å². The zero-order valence-electron chi connectivity index (χ0n) is 10.5. The number of thioether (sulfide) groups is 1. The normalized spacial score (nSPS) is 18.5. The molecule has 1 nitrogen and oxygen atoms in total. The molecule has 0 spiro atoms. The highest BCUT2D eigenvalue weighted by Crippen LogP contribution is 2.32. The van der Waals surface area contributed by atoms with Gasteiger partial charge in [0.05, 0.1) is 6.10 Å². The standard InChI is InChI=1S/C14H17F3OS/c15-11-7-6-10(13(16)14(11)17)12(18)8-19-9-4-2-1-3-5-9/h6-7,9,12,18H,1-5,8H2. The van der Waals surface area contributed by atoms with Crippen molar-refractivity contribution < 1.29 is 18.3 Å². The Kier molecular flexibility index (Phi) is 5.16. The number of aliphatic hydroxyl groups is 1. The molecule has 19 heavy (non-hydrogen) atoms. The predicted octanol–water partition coefficient (Wildman–Crippen LogP) is 4.20. The minimum Gasteiger partial charge on any atom is -0.387 e. The highest BCUT2D eigenvalue weighted by atomic mass is 32.2. The molecular weight excluding hydrogens is 273 g/mol. The molecule has 0 aliphatic heterocycles. The van der Waals surface area contributed by atoms with Gasteiger partial charge in [0.2, 0.25) is 0 Å². The minimum absolute atomic E-state index is 0.165. The van der Waals surface area contributed by atoms with Gasteiger partial charge in [-0.3, -0.25) is 0 Å². The van der Waals surface area contributed by atoms with E-state index < -0.39 is 23.6 Å². The maximum Gasteiger partial charge on any atom is 0.194 e. The van der Waals surface area contributed by atoms with E-state index in [-0.39, 0.29) is 5.56 Å². The quantitative estimate of drug-likeness (QED) is 0.839. The van der Waals surface area contributed by atoms with Crippen LogP contribution in [0.1, 0.15) is 43.8 Å². The Balaban J connectivity index is 1.95. The van der Waals surface area contributed by atoms with Gasteiger partial charge in [-0.25, -0.2) is 13.2 Å². The first-order valence-corrected chi connectivity index (χ1v) is 7.57. The molecule has 0 heterocycles. The van der Waals surface area contributed by atoms with Gasteiger partial charge in [0, 0.05) is 16.6 Å². The Bertz CT molecular complexity index is 433. The van der Waals surface area contributed by atoms with Crippen LogP contribution in [0, 0.1) is 17.5 Å². The van der Waals surface area contributed by atoms with Crippen molar-refractivity contribution in [1.29, 1.82) is 0 Å². The number of aliphatic hydroxyl groups excluding tert-OH is 1. The second-order valence-corrected chi connectivity index (χ2v) is 6.21. The van der Waals surface area contributed by atoms with Crippen LogP contribution in [0.15, 0.2) is 12.1 Å². The van der Waals surface area contributed by atoms with Crippen LogP contribution in [0.2, 0.25) is 0 Å². The summed E-state index contributed by atoms with van der Waals surface area (Å²) in [5.74, 6) is -3.71. The van der Waals surface area contributed by atoms with Gasteiger partial charge in [-0.2, -0.15) is 11.8 Å². The fraction of sp³-hybridized carbons (Fsp3) is 0.571. The van der Waals surface area contributed by atoms with Crippen LogP contribution >= 0.6 is 11.8 Å². The zero-order chi connectivity index (χ0) is 13.8. The van der Waals surface area contributed by atoms with Crippen molar-refractivity contribution in [3.8, 4) is 0 Å². The lowest BCUT2D eigenvalue weighted by molar-refractivity contribution is 0.196. The van der Waals surface area contributed by atoms with Crippen LogP contribution in [0.25, 0.3) is 0 Å². The van der Waals surface area contributed by atoms with E-state index in [4.69, 9.17) is 0 Å². The Hall–Kier alpha value is -0.680. The van der Waals surface area contributed by atoms with Crippen molar-refractivity contribution in [3.63, 3.8) is 0 Å². The number of hydrogen-bond donors (Lipinski definition) is 1. The van der Waals surface area contributed by atoms with Gasteiger partial charge in [-0.1, -0.05) is 25.3 Å². The van der Waals surface area contributed by atoms with Crippen molar-refractivity contribution >= 4 is 11.8 Å². The summed E-state index contributed by atoms with van der Waals surface area (Å²) in [5.41, 5.74) is -0.165. The average molecular weight is 290 g/mol. The molecule has 0 amide bonds. The number of halogens is 3. The van der Waals surface area contributed by atoms with Gasteiger partial charge in [0.15, 0.2) is 17.5 Å². The summed E-state index contributed by atoms with van der Waals surface area (Å²) in [4.78, 5) is 0. The van der Waals surface area contributed by atoms with Crippen LogP contribution in [0.3, 0.4) is 0 Å². The molecule has 1 atom stereocenters. The summed E-state index contributed by atoms with van der Waals surface area (Å²) >= 11 is 1.59. The molecule has 0 bridgehead atoms. The molecule has 1 aromatic carbocycles. The lowest BCUT2D eigenvalue weighted by atomic mass is 10.0. The third-order valence-corrected chi connectivity index (χ3v) is 4.92. The molecule has 1 aliphatic carbocycles. The van der Waals surface area contributed by atoms with E-state index in [0.29, 0.717) is 11.0 Å². The van der Waals surface area contributed by atoms with Crippen molar-refractivity contribution in [2.45, 2.75) is 43.5 Å². The maximum atomic E-state index is 13.5. The molecule has 1 aromatic rings. The van der Waals surface area contributed by atoms with Gasteiger partial charge in [-0.15, -0.1) is 0 Å². The molecular formula is C14H17F3OS. The van der Waals surface area contributed by atoms with E-state index in [1.807, 2.05) is 0 Å². The SMILES string of the molecule is OC(CSC1CCCCC1)c1ccc(F)c(F)c1F. The fourth-order valence-corrected chi connectivity index (χ4v) is 3.65. The summed E-state index contributed by atoms with van der Waals surface area (Å²) in [7, 11) is 0. The second-order valence-electron chi connectivity index (χ2n) is 4.87. The Morgan fingerprint density at radius 1 is 1.11 bits per heavy atom. The second kappa shape index (κ2) is 6.66. The van der Waals surface area contributed by atoms with Crippen molar-refractivity contribution in [2.75, 3.05) is 5.75 Å². The molecule has 1 saturated carbocycles. The average Bonchev–Trinajstić information content (AvgIpc) is 2.43. The summed E-state index contributed by atoms with van der Waals surface area (Å²) in [6, 6.07) is 1.96. The molecule has 2 rings (SSSR count). The zero-order valence-corrected chi connectivity index (χ0v) is 11.4. The van der Waals surface area contributed by atoms with E-state index in [9.17, 15) is 18.3 Å². The predicted molar refractivity (Wildman–Crippen MR) is 70.6 cm³/mol. The van der Waals surface area contributed by atoms with Gasteiger partial charge in [0.1, 0.15) is 0 Å². The van der Waals surface area contributed by atoms with E-state index in [0.717, 1.165) is 25.0 Å². The maximum absolute atomic E-state index is 13.5. The molecule has 1 fully saturated rings. The molecule has 1 N–H and O–H groups in total. The number of rotatable bonds is 4. The first kappa shape index (κ1) is 14.7. The van der Waals surface area contributed by atoms with Gasteiger partial charge in [-0.05, 0) is 18.9 Å². The largest absolute Gasteiger partial charge is 0.387 e. The molecule has 0 saturated heterocycles. The van der Waals surface area contributed by atoms with Crippen LogP contribution < -0.4 is 0 Å². The number of hydrogen-bond acceptors (Lipinski definition) is 2. The van der Waals surface area contributed by atoms with Crippen LogP contribution in [0.4, 0.5) is 13.2 Å². The van der Waals surface area contributed by atoms with E-state index >= 15 is 0 Å². The minimum atomic E-state index is -1.51. The summed E-state index contributed by atoms with van der Waals surface area (Å²) in [6.07, 6.45) is 4.75. The Labute approximate surface area is 115 Å². The summed E-state index contributed by atoms with van der Waals surface area (Å²) in [6.45, 7) is 0. The third-order valence-electron chi connectivity index (χ3n) is 3.47. The molecule has 1 aliphatic rings. The van der Waals surface area contributed by atoms with Gasteiger partial charge < -0.3 is 5.11 Å². The molecule has 0 aromatic heterocycles. The van der Waals surface area contributed by atoms with Crippen LogP contribution in [-0.2, 0) is 0 Å². The lowest BCUT2D eigenvalue weighted by Gasteiger charge is -2.22. The van der Waals surface area contributed by atoms with E-state index in [2.05, 4.69) is 0 Å². The monoisotopic (exact) mass is 290 g/mol. The van der Waals surface area contributed by atoms with Crippen LogP contribution in [-0.4, -0.2) is 16.1 Å². The molecule has 5 heteroatoms. The van der Waals surface area contributed by atoms with E-state index in [1.54, 1.807) is 11.8 Å². The first-order chi connectivity index (χ1) is 9.09. The van der Waals surface area contributed by atoms with Gasteiger partial charge in [0.25, 0.3) is 0 Å². The molecule has 106 valence electrons. The Morgan fingerprint density at radius 3 is 2.47 bits per heavy atom. The number of benzene rings is 1. The van der Waals surface area contributed by atoms with Gasteiger partial charge >= 0.3 is 0 Å². The highest BCUT2D eigenvalue weighted by molar-refractivity contribution is 7.99. The van der Waals surface area contributed by atoms with E-state index in [1.165, 1.54) is 19.3 Å². The smallest absolute Gasteiger partial charge is 0.194 e. The van der Waals surface area contributed by atoms with Crippen molar-refractivity contribution in [1.82, 2.24) is 0 Å². The summed E-state index contributed by atoms with van der Waals surface area (Å²) < 4.78 is 39.4. The highest BCUT2D eigenvalue weighted by Gasteiger charge is 2.21. The van der Waals surface area contributed by atoms with Crippen molar-refractivity contribution in [2.24, 2.45) is 0 Å². The fourth-order valence-electron chi connectivity index (χ4n) is 2.35. The van der Waals surface area contributed by atoms with Crippen molar-refractivity contribution in [3.05, 3.63) is 35.1 Å². The molecule has 0 radical (unpaired) electrons. The topological polar surface area (TPSA) is 20.2 Å². The summed E-state index contributed by atoms with van der Waals surface area (Å²) in [5, 5.41) is 10.4. The lowest BCUT2D eigenvalue weighted by Crippen LogP contribution is -2.12. The molecule has 1 unspecified atom stereocenters. The first-order valence-electron chi connectivity index (χ1n) is 6.52.